The van der Waals surface area contributed by atoms with Crippen molar-refractivity contribution in [2.24, 2.45) is 5.92 Å². The summed E-state index contributed by atoms with van der Waals surface area (Å²) in [6.07, 6.45) is 13.1. The van der Waals surface area contributed by atoms with Gasteiger partial charge in [-0.05, 0) is 98.8 Å². The summed E-state index contributed by atoms with van der Waals surface area (Å²) in [6, 6.07) is 17.4. The fourth-order valence-electron chi connectivity index (χ4n) is 4.09. The van der Waals surface area contributed by atoms with Crippen LogP contribution in [-0.2, 0) is 6.42 Å². The lowest BCUT2D eigenvalue weighted by Crippen LogP contribution is -2.11. The zero-order valence-electron chi connectivity index (χ0n) is 18.0. The van der Waals surface area contributed by atoms with E-state index in [1.54, 1.807) is 0 Å². The number of hydrogen-bond donors (Lipinski definition) is 0. The number of aryl methyl sites for hydroxylation is 1. The Hall–Kier alpha value is -2.46. The average molecular weight is 387 g/mol. The van der Waals surface area contributed by atoms with Crippen LogP contribution in [0.15, 0.2) is 60.7 Å². The summed E-state index contributed by atoms with van der Waals surface area (Å²) in [7, 11) is 0. The summed E-state index contributed by atoms with van der Waals surface area (Å²) < 4.78 is 5.55. The minimum absolute atomic E-state index is 0.666. The monoisotopic (exact) mass is 386 g/mol. The molecule has 1 aliphatic rings. The van der Waals surface area contributed by atoms with Gasteiger partial charge in [0.25, 0.3) is 0 Å². The lowest BCUT2D eigenvalue weighted by Gasteiger charge is -2.27. The maximum Gasteiger partial charge on any atom is 0.119 e. The van der Waals surface area contributed by atoms with Crippen molar-refractivity contribution in [3.63, 3.8) is 0 Å². The smallest absolute Gasteiger partial charge is 0.119 e. The first kappa shape index (κ1) is 21.3. The predicted molar refractivity (Wildman–Crippen MR) is 123 cm³/mol. The molecule has 0 heterocycles. The highest BCUT2D eigenvalue weighted by Crippen LogP contribution is 2.36. The van der Waals surface area contributed by atoms with Gasteiger partial charge in [-0.3, -0.25) is 0 Å². The van der Waals surface area contributed by atoms with Gasteiger partial charge < -0.3 is 4.74 Å². The third kappa shape index (κ3) is 6.82. The van der Waals surface area contributed by atoms with E-state index >= 15 is 0 Å². The maximum absolute atomic E-state index is 5.55. The second kappa shape index (κ2) is 11.5. The zero-order valence-corrected chi connectivity index (χ0v) is 18.0. The Kier molecular flexibility index (Phi) is 8.44. The van der Waals surface area contributed by atoms with Crippen molar-refractivity contribution < 1.29 is 4.74 Å². The summed E-state index contributed by atoms with van der Waals surface area (Å²) in [5.41, 5.74) is 3.98. The Morgan fingerprint density at radius 1 is 0.931 bits per heavy atom. The molecule has 3 rings (SSSR count). The van der Waals surface area contributed by atoms with Crippen LogP contribution in [0.2, 0.25) is 0 Å². The van der Waals surface area contributed by atoms with Gasteiger partial charge in [-0.1, -0.05) is 55.5 Å². The first-order chi connectivity index (χ1) is 14.3. The molecule has 0 aliphatic heterocycles. The molecule has 0 radical (unpaired) electrons. The van der Waals surface area contributed by atoms with Crippen LogP contribution in [0.4, 0.5) is 0 Å². The molecule has 2 aromatic rings. The Bertz CT molecular complexity index is 809. The van der Waals surface area contributed by atoms with Gasteiger partial charge in [-0.25, -0.2) is 0 Å². The van der Waals surface area contributed by atoms with Crippen LogP contribution in [-0.4, -0.2) is 6.61 Å². The minimum Gasteiger partial charge on any atom is -0.494 e. The largest absolute Gasteiger partial charge is 0.494 e. The molecule has 1 saturated carbocycles. The molecule has 0 spiro atoms. The maximum atomic E-state index is 5.55. The van der Waals surface area contributed by atoms with Crippen molar-refractivity contribution in [1.82, 2.24) is 0 Å². The van der Waals surface area contributed by atoms with E-state index in [4.69, 9.17) is 4.74 Å². The molecule has 0 unspecified atom stereocenters. The van der Waals surface area contributed by atoms with Crippen LogP contribution < -0.4 is 4.74 Å². The summed E-state index contributed by atoms with van der Waals surface area (Å²) in [6.45, 7) is 4.99. The predicted octanol–water partition coefficient (Wildman–Crippen LogP) is 7.31. The molecule has 2 aromatic carbocycles. The summed E-state index contributed by atoms with van der Waals surface area (Å²) in [5, 5.41) is 0. The molecule has 152 valence electrons. The van der Waals surface area contributed by atoms with Crippen LogP contribution in [0.3, 0.4) is 0 Å². The molecular formula is C28H34O. The molecule has 0 bridgehead atoms. The van der Waals surface area contributed by atoms with E-state index in [-0.39, 0.29) is 0 Å². The molecule has 0 atom stereocenters. The van der Waals surface area contributed by atoms with Crippen LogP contribution in [0.1, 0.15) is 75.0 Å². The van der Waals surface area contributed by atoms with Crippen molar-refractivity contribution in [3.05, 3.63) is 77.4 Å². The van der Waals surface area contributed by atoms with Gasteiger partial charge in [-0.2, -0.15) is 0 Å². The van der Waals surface area contributed by atoms with Crippen LogP contribution in [0, 0.1) is 17.8 Å². The topological polar surface area (TPSA) is 9.23 Å². The van der Waals surface area contributed by atoms with Gasteiger partial charge in [0.1, 0.15) is 5.75 Å². The molecular weight excluding hydrogens is 352 g/mol. The molecule has 0 aromatic heterocycles. The fraction of sp³-hybridized carbons (Fsp3) is 0.429. The zero-order chi connectivity index (χ0) is 20.3. The van der Waals surface area contributed by atoms with E-state index in [2.05, 4.69) is 79.4 Å². The molecule has 1 fully saturated rings. The van der Waals surface area contributed by atoms with E-state index in [0.717, 1.165) is 17.9 Å². The van der Waals surface area contributed by atoms with E-state index in [9.17, 15) is 0 Å². The fourth-order valence-corrected chi connectivity index (χ4v) is 4.09. The molecule has 0 saturated heterocycles. The van der Waals surface area contributed by atoms with Crippen molar-refractivity contribution in [3.8, 4) is 17.6 Å². The standard InChI is InChI=1S/C28H34O/c1-3-5-8-23-11-13-24(14-12-23)9-6-7-10-25-15-17-26(18-16-25)27-19-21-28(22-20-27)29-4-2/h7,10-14,19-22,25-26H,3-5,8,15-18H2,1-2H3/t25-,26-. The van der Waals surface area contributed by atoms with Crippen LogP contribution in [0.25, 0.3) is 0 Å². The average Bonchev–Trinajstić information content (AvgIpc) is 2.77. The van der Waals surface area contributed by atoms with Gasteiger partial charge in [0.15, 0.2) is 0 Å². The molecule has 29 heavy (non-hydrogen) atoms. The minimum atomic E-state index is 0.666. The number of hydrogen-bond acceptors (Lipinski definition) is 1. The lowest BCUT2D eigenvalue weighted by atomic mass is 9.78. The van der Waals surface area contributed by atoms with Crippen LogP contribution in [0.5, 0.6) is 5.75 Å². The third-order valence-electron chi connectivity index (χ3n) is 5.88. The van der Waals surface area contributed by atoms with Crippen molar-refractivity contribution in [2.75, 3.05) is 6.61 Å². The number of benzene rings is 2. The van der Waals surface area contributed by atoms with Gasteiger partial charge in [-0.15, -0.1) is 0 Å². The van der Waals surface area contributed by atoms with Crippen molar-refractivity contribution in [1.29, 1.82) is 0 Å². The molecule has 1 aliphatic carbocycles. The lowest BCUT2D eigenvalue weighted by molar-refractivity contribution is 0.339. The second-order valence-corrected chi connectivity index (χ2v) is 8.04. The van der Waals surface area contributed by atoms with Gasteiger partial charge in [0.05, 0.1) is 6.61 Å². The van der Waals surface area contributed by atoms with Crippen LogP contribution >= 0.6 is 0 Å². The van der Waals surface area contributed by atoms with E-state index < -0.39 is 0 Å². The van der Waals surface area contributed by atoms with Gasteiger partial charge >= 0.3 is 0 Å². The highest BCUT2D eigenvalue weighted by atomic mass is 16.5. The van der Waals surface area contributed by atoms with E-state index in [0.29, 0.717) is 11.8 Å². The Labute approximate surface area is 177 Å². The van der Waals surface area contributed by atoms with Crippen molar-refractivity contribution in [2.45, 2.75) is 64.7 Å². The number of rotatable bonds is 7. The first-order valence-electron chi connectivity index (χ1n) is 11.3. The normalized spacial score (nSPS) is 19.0. The van der Waals surface area contributed by atoms with Gasteiger partial charge in [0, 0.05) is 5.56 Å². The third-order valence-corrected chi connectivity index (χ3v) is 5.88. The van der Waals surface area contributed by atoms with Crippen molar-refractivity contribution >= 4 is 0 Å². The Balaban J connectivity index is 1.44. The highest BCUT2D eigenvalue weighted by molar-refractivity contribution is 5.38. The second-order valence-electron chi connectivity index (χ2n) is 8.04. The number of ether oxygens (including phenoxy) is 1. The quantitative estimate of drug-likeness (QED) is 0.453. The summed E-state index contributed by atoms with van der Waals surface area (Å²) in [5.74, 6) is 8.83. The molecule has 0 amide bonds. The molecule has 0 N–H and O–H groups in total. The SMILES string of the molecule is CCCCc1ccc(C#CC=C[C@H]2CC[C@H](c3ccc(OCC)cc3)CC2)cc1. The Morgan fingerprint density at radius 2 is 1.66 bits per heavy atom. The number of allylic oxidation sites excluding steroid dienone is 2. The molecule has 1 heteroatoms. The number of unbranched alkanes of at least 4 members (excludes halogenated alkanes) is 1. The summed E-state index contributed by atoms with van der Waals surface area (Å²) in [4.78, 5) is 0. The molecule has 1 nitrogen and oxygen atoms in total. The summed E-state index contributed by atoms with van der Waals surface area (Å²) >= 11 is 0. The van der Waals surface area contributed by atoms with E-state index in [1.165, 1.54) is 56.1 Å². The van der Waals surface area contributed by atoms with Gasteiger partial charge in [0.2, 0.25) is 0 Å². The van der Waals surface area contributed by atoms with E-state index in [1.807, 2.05) is 6.92 Å². The first-order valence-corrected chi connectivity index (χ1v) is 11.3. The highest BCUT2D eigenvalue weighted by Gasteiger charge is 2.20. The Morgan fingerprint density at radius 3 is 2.31 bits per heavy atom.